The largest absolute Gasteiger partial charge is 0.508 e. The Bertz CT molecular complexity index is 987. The third-order valence-corrected chi connectivity index (χ3v) is 6.24. The van der Waals surface area contributed by atoms with Crippen LogP contribution in [0.4, 0.5) is 5.69 Å². The van der Waals surface area contributed by atoms with Gasteiger partial charge in [-0.25, -0.2) is 0 Å². The number of nitrogens with one attached hydrogen (secondary N) is 1. The van der Waals surface area contributed by atoms with Gasteiger partial charge >= 0.3 is 0 Å². The number of benzene rings is 2. The van der Waals surface area contributed by atoms with Crippen LogP contribution < -0.4 is 11.1 Å². The smallest absolute Gasteiger partial charge is 0.115 e. The van der Waals surface area contributed by atoms with Crippen molar-refractivity contribution in [2.45, 2.75) is 56.5 Å². The van der Waals surface area contributed by atoms with Crippen LogP contribution in [-0.4, -0.2) is 22.2 Å². The molecule has 2 fully saturated rings. The summed E-state index contributed by atoms with van der Waals surface area (Å²) in [4.78, 5) is 4.76. The normalized spacial score (nSPS) is 22.3. The zero-order valence-electron chi connectivity index (χ0n) is 16.1. The minimum Gasteiger partial charge on any atom is -0.508 e. The number of phenolic OH excluding ortho intramolecular Hbond substituents is 1. The third-order valence-electron chi connectivity index (χ3n) is 6.24. The lowest BCUT2D eigenvalue weighted by Gasteiger charge is -2.29. The molecule has 0 saturated heterocycles. The average Bonchev–Trinajstić information content (AvgIpc) is 3.55. The van der Waals surface area contributed by atoms with Crippen LogP contribution in [0.15, 0.2) is 48.7 Å². The number of aromatic hydroxyl groups is 1. The van der Waals surface area contributed by atoms with Crippen molar-refractivity contribution in [2.24, 2.45) is 5.73 Å². The maximum absolute atomic E-state index is 9.60. The van der Waals surface area contributed by atoms with Gasteiger partial charge in [-0.15, -0.1) is 0 Å². The molecule has 0 aliphatic heterocycles. The lowest BCUT2D eigenvalue weighted by Crippen LogP contribution is -2.33. The van der Waals surface area contributed by atoms with Gasteiger partial charge in [0.15, 0.2) is 0 Å². The van der Waals surface area contributed by atoms with E-state index in [4.69, 9.17) is 10.7 Å². The molecule has 4 N–H and O–H groups in total. The Hall–Kier alpha value is -2.59. The Labute approximate surface area is 165 Å². The maximum atomic E-state index is 9.60. The highest BCUT2D eigenvalue weighted by molar-refractivity contribution is 5.96. The summed E-state index contributed by atoms with van der Waals surface area (Å²) in [6.45, 7) is 0. The highest BCUT2D eigenvalue weighted by Gasteiger charge is 2.29. The van der Waals surface area contributed by atoms with E-state index in [1.165, 1.54) is 29.5 Å². The molecule has 2 aliphatic rings. The second-order valence-electron chi connectivity index (χ2n) is 8.40. The molecule has 2 saturated carbocycles. The summed E-state index contributed by atoms with van der Waals surface area (Å²) in [5, 5.41) is 14.7. The van der Waals surface area contributed by atoms with Crippen LogP contribution in [-0.2, 0) is 0 Å². The molecule has 2 aromatic carbocycles. The Morgan fingerprint density at radius 3 is 2.32 bits per heavy atom. The second kappa shape index (κ2) is 7.10. The van der Waals surface area contributed by atoms with Gasteiger partial charge in [0.25, 0.3) is 0 Å². The lowest BCUT2D eigenvalue weighted by atomic mass is 9.91. The van der Waals surface area contributed by atoms with Crippen LogP contribution in [0.1, 0.15) is 50.0 Å². The number of hydrogen-bond donors (Lipinski definition) is 3. The number of pyridine rings is 1. The van der Waals surface area contributed by atoms with Crippen molar-refractivity contribution in [2.75, 3.05) is 5.32 Å². The van der Waals surface area contributed by atoms with Crippen molar-refractivity contribution in [3.05, 3.63) is 54.2 Å². The topological polar surface area (TPSA) is 71.2 Å². The monoisotopic (exact) mass is 373 g/mol. The van der Waals surface area contributed by atoms with Crippen molar-refractivity contribution in [1.29, 1.82) is 0 Å². The Morgan fingerprint density at radius 1 is 0.893 bits per heavy atom. The first kappa shape index (κ1) is 17.5. The summed E-state index contributed by atoms with van der Waals surface area (Å²) >= 11 is 0. The SMILES string of the molecule is NC1CCC(Nc2c(C3CC3)cnc3ccc(-c4ccc(O)cc4)cc23)CC1. The van der Waals surface area contributed by atoms with Gasteiger partial charge in [0.1, 0.15) is 5.75 Å². The first-order chi connectivity index (χ1) is 13.7. The van der Waals surface area contributed by atoms with E-state index in [2.05, 4.69) is 29.7 Å². The second-order valence-corrected chi connectivity index (χ2v) is 8.40. The average molecular weight is 374 g/mol. The van der Waals surface area contributed by atoms with Crippen LogP contribution in [0.3, 0.4) is 0 Å². The molecule has 2 aliphatic carbocycles. The fraction of sp³-hybridized carbons (Fsp3) is 0.375. The van der Waals surface area contributed by atoms with Gasteiger partial charge in [-0.1, -0.05) is 18.2 Å². The maximum Gasteiger partial charge on any atom is 0.115 e. The Morgan fingerprint density at radius 2 is 1.61 bits per heavy atom. The van der Waals surface area contributed by atoms with Gasteiger partial charge in [0, 0.05) is 29.4 Å². The number of aromatic nitrogens is 1. The first-order valence-corrected chi connectivity index (χ1v) is 10.4. The molecule has 28 heavy (non-hydrogen) atoms. The van der Waals surface area contributed by atoms with Crippen molar-refractivity contribution in [3.63, 3.8) is 0 Å². The number of nitrogens with two attached hydrogens (primary N) is 1. The summed E-state index contributed by atoms with van der Waals surface area (Å²) in [5.41, 5.74) is 12.0. The predicted octanol–water partition coefficient (Wildman–Crippen LogP) is 5.17. The molecule has 0 unspecified atom stereocenters. The van der Waals surface area contributed by atoms with Crippen molar-refractivity contribution in [3.8, 4) is 16.9 Å². The molecule has 0 atom stereocenters. The molecule has 0 amide bonds. The van der Waals surface area contributed by atoms with E-state index in [1.807, 2.05) is 12.1 Å². The number of anilines is 1. The van der Waals surface area contributed by atoms with E-state index in [1.54, 1.807) is 12.1 Å². The third kappa shape index (κ3) is 3.45. The molecule has 0 radical (unpaired) electrons. The zero-order valence-corrected chi connectivity index (χ0v) is 16.1. The highest BCUT2D eigenvalue weighted by Crippen LogP contribution is 2.46. The standard InChI is InChI=1S/C24H27N3O/c25-18-6-8-19(9-7-18)27-24-21-13-17(15-3-10-20(28)11-4-15)5-12-23(21)26-14-22(24)16-1-2-16/h3-5,10-14,16,18-19,28H,1-2,6-9,25H2,(H,26,27). The van der Waals surface area contributed by atoms with E-state index in [0.29, 0.717) is 23.8 Å². The zero-order chi connectivity index (χ0) is 19.1. The molecule has 5 rings (SSSR count). The molecule has 4 nitrogen and oxygen atoms in total. The van der Waals surface area contributed by atoms with Gasteiger partial charge in [-0.05, 0) is 85.4 Å². The van der Waals surface area contributed by atoms with Gasteiger partial charge < -0.3 is 16.2 Å². The van der Waals surface area contributed by atoms with Gasteiger partial charge in [-0.3, -0.25) is 4.98 Å². The fourth-order valence-corrected chi connectivity index (χ4v) is 4.37. The fourth-order valence-electron chi connectivity index (χ4n) is 4.37. The van der Waals surface area contributed by atoms with Crippen molar-refractivity contribution >= 4 is 16.6 Å². The minimum absolute atomic E-state index is 0.292. The van der Waals surface area contributed by atoms with Crippen LogP contribution in [0.2, 0.25) is 0 Å². The van der Waals surface area contributed by atoms with Crippen LogP contribution in [0.5, 0.6) is 5.75 Å². The number of fused-ring (bicyclic) bond motifs is 1. The quantitative estimate of drug-likeness (QED) is 0.590. The van der Waals surface area contributed by atoms with Gasteiger partial charge in [0.2, 0.25) is 0 Å². The van der Waals surface area contributed by atoms with Crippen LogP contribution >= 0.6 is 0 Å². The molecule has 0 spiro atoms. The molecule has 3 aromatic rings. The predicted molar refractivity (Wildman–Crippen MR) is 115 cm³/mol. The Balaban J connectivity index is 1.57. The summed E-state index contributed by atoms with van der Waals surface area (Å²) in [5.74, 6) is 0.933. The molecular weight excluding hydrogens is 346 g/mol. The summed E-state index contributed by atoms with van der Waals surface area (Å²) in [7, 11) is 0. The first-order valence-electron chi connectivity index (χ1n) is 10.4. The summed E-state index contributed by atoms with van der Waals surface area (Å²) < 4.78 is 0. The minimum atomic E-state index is 0.292. The van der Waals surface area contributed by atoms with Gasteiger partial charge in [-0.2, -0.15) is 0 Å². The Kier molecular flexibility index (Phi) is 4.44. The lowest BCUT2D eigenvalue weighted by molar-refractivity contribution is 0.411. The molecule has 1 aromatic heterocycles. The van der Waals surface area contributed by atoms with Gasteiger partial charge in [0.05, 0.1) is 5.52 Å². The highest BCUT2D eigenvalue weighted by atomic mass is 16.3. The number of phenols is 1. The molecule has 1 heterocycles. The number of hydrogen-bond acceptors (Lipinski definition) is 4. The van der Waals surface area contributed by atoms with E-state index in [-0.39, 0.29) is 0 Å². The molecule has 144 valence electrons. The summed E-state index contributed by atoms with van der Waals surface area (Å²) in [6, 6.07) is 14.7. The number of nitrogens with zero attached hydrogens (tertiary/aromatic N) is 1. The van der Waals surface area contributed by atoms with Crippen molar-refractivity contribution in [1.82, 2.24) is 4.98 Å². The van der Waals surface area contributed by atoms with E-state index in [9.17, 15) is 5.11 Å². The molecule has 0 bridgehead atoms. The summed E-state index contributed by atoms with van der Waals surface area (Å²) in [6.07, 6.45) is 9.05. The molecule has 4 heteroatoms. The van der Waals surface area contributed by atoms with Crippen molar-refractivity contribution < 1.29 is 5.11 Å². The van der Waals surface area contributed by atoms with Crippen LogP contribution in [0, 0.1) is 0 Å². The van der Waals surface area contributed by atoms with Crippen LogP contribution in [0.25, 0.3) is 22.0 Å². The van der Waals surface area contributed by atoms with E-state index >= 15 is 0 Å². The van der Waals surface area contributed by atoms with E-state index < -0.39 is 0 Å². The van der Waals surface area contributed by atoms with E-state index in [0.717, 1.165) is 42.3 Å². The molecular formula is C24H27N3O. The number of rotatable bonds is 4.